The first-order valence-corrected chi connectivity index (χ1v) is 7.79. The molecular formula is C17H15N3OS. The van der Waals surface area contributed by atoms with E-state index < -0.39 is 0 Å². The molecule has 0 saturated heterocycles. The van der Waals surface area contributed by atoms with E-state index in [9.17, 15) is 4.79 Å². The zero-order chi connectivity index (χ0) is 15.2. The molecule has 0 atom stereocenters. The number of urea groups is 1. The Bertz CT molecular complexity index is 741. The Hall–Kier alpha value is -2.66. The number of aromatic nitrogens is 1. The SMILES string of the molecule is O=C(NCc1csc(-c2ccccc2)n1)Nc1ccccc1. The molecule has 0 saturated carbocycles. The fraction of sp³-hybridized carbons (Fsp3) is 0.0588. The summed E-state index contributed by atoms with van der Waals surface area (Å²) in [5, 5.41) is 8.51. The van der Waals surface area contributed by atoms with E-state index in [0.717, 1.165) is 22.0 Å². The van der Waals surface area contributed by atoms with Crippen molar-refractivity contribution < 1.29 is 4.79 Å². The molecule has 0 aliphatic carbocycles. The second-order valence-corrected chi connectivity index (χ2v) is 5.54. The number of rotatable bonds is 4. The maximum absolute atomic E-state index is 11.8. The summed E-state index contributed by atoms with van der Waals surface area (Å²) < 4.78 is 0. The molecule has 0 radical (unpaired) electrons. The number of amides is 2. The second-order valence-electron chi connectivity index (χ2n) is 4.68. The summed E-state index contributed by atoms with van der Waals surface area (Å²) in [6.07, 6.45) is 0. The van der Waals surface area contributed by atoms with Gasteiger partial charge in [0.15, 0.2) is 0 Å². The molecule has 0 fully saturated rings. The highest BCUT2D eigenvalue weighted by Gasteiger charge is 2.06. The highest BCUT2D eigenvalue weighted by atomic mass is 32.1. The second kappa shape index (κ2) is 6.87. The van der Waals surface area contributed by atoms with E-state index in [0.29, 0.717) is 6.54 Å². The molecule has 22 heavy (non-hydrogen) atoms. The van der Waals surface area contributed by atoms with E-state index in [-0.39, 0.29) is 6.03 Å². The number of hydrogen-bond donors (Lipinski definition) is 2. The smallest absolute Gasteiger partial charge is 0.319 e. The van der Waals surface area contributed by atoms with Crippen molar-refractivity contribution in [2.75, 3.05) is 5.32 Å². The molecule has 3 rings (SSSR count). The number of thiazole rings is 1. The van der Waals surface area contributed by atoms with Gasteiger partial charge in [-0.1, -0.05) is 48.5 Å². The van der Waals surface area contributed by atoms with Crippen LogP contribution in [0.2, 0.25) is 0 Å². The van der Waals surface area contributed by atoms with Crippen LogP contribution in [0.15, 0.2) is 66.0 Å². The first-order chi connectivity index (χ1) is 10.8. The number of anilines is 1. The average Bonchev–Trinajstić information content (AvgIpc) is 3.04. The third kappa shape index (κ3) is 3.71. The van der Waals surface area contributed by atoms with Gasteiger partial charge in [0.05, 0.1) is 12.2 Å². The maximum atomic E-state index is 11.8. The van der Waals surface area contributed by atoms with Crippen LogP contribution in [0.4, 0.5) is 10.5 Å². The van der Waals surface area contributed by atoms with Crippen molar-refractivity contribution in [1.82, 2.24) is 10.3 Å². The lowest BCUT2D eigenvalue weighted by Crippen LogP contribution is -2.28. The van der Waals surface area contributed by atoms with Crippen LogP contribution >= 0.6 is 11.3 Å². The lowest BCUT2D eigenvalue weighted by atomic mass is 10.2. The largest absolute Gasteiger partial charge is 0.332 e. The Morgan fingerprint density at radius 2 is 1.68 bits per heavy atom. The van der Waals surface area contributed by atoms with Gasteiger partial charge in [0.1, 0.15) is 5.01 Å². The van der Waals surface area contributed by atoms with E-state index in [1.165, 1.54) is 0 Å². The van der Waals surface area contributed by atoms with E-state index in [4.69, 9.17) is 0 Å². The Morgan fingerprint density at radius 1 is 1.00 bits per heavy atom. The standard InChI is InChI=1S/C17H15N3OS/c21-17(20-14-9-5-2-6-10-14)18-11-15-12-22-16(19-15)13-7-3-1-4-8-13/h1-10,12H,11H2,(H2,18,20,21). The molecule has 0 bridgehead atoms. The molecule has 0 unspecified atom stereocenters. The molecule has 0 aliphatic rings. The molecule has 0 aliphatic heterocycles. The summed E-state index contributed by atoms with van der Waals surface area (Å²) >= 11 is 1.58. The first kappa shape index (κ1) is 14.3. The maximum Gasteiger partial charge on any atom is 0.319 e. The molecule has 1 heterocycles. The van der Waals surface area contributed by atoms with Crippen LogP contribution in [0.1, 0.15) is 5.69 Å². The van der Waals surface area contributed by atoms with Crippen LogP contribution in [0.5, 0.6) is 0 Å². The average molecular weight is 309 g/mol. The number of nitrogens with one attached hydrogen (secondary N) is 2. The van der Waals surface area contributed by atoms with Crippen LogP contribution in [0.3, 0.4) is 0 Å². The number of nitrogens with zero attached hydrogens (tertiary/aromatic N) is 1. The van der Waals surface area contributed by atoms with Crippen molar-refractivity contribution >= 4 is 23.1 Å². The summed E-state index contributed by atoms with van der Waals surface area (Å²) in [5.74, 6) is 0. The van der Waals surface area contributed by atoms with Crippen molar-refractivity contribution in [3.05, 3.63) is 71.7 Å². The normalized spacial score (nSPS) is 10.2. The molecule has 2 N–H and O–H groups in total. The zero-order valence-electron chi connectivity index (χ0n) is 11.8. The number of hydrogen-bond acceptors (Lipinski definition) is 3. The Labute approximate surface area is 132 Å². The fourth-order valence-electron chi connectivity index (χ4n) is 1.97. The third-order valence-electron chi connectivity index (χ3n) is 3.03. The van der Waals surface area contributed by atoms with Crippen molar-refractivity contribution in [2.24, 2.45) is 0 Å². The predicted octanol–water partition coefficient (Wildman–Crippen LogP) is 4.13. The van der Waals surface area contributed by atoms with E-state index in [2.05, 4.69) is 15.6 Å². The molecule has 3 aromatic rings. The summed E-state index contributed by atoms with van der Waals surface area (Å²) in [5.41, 5.74) is 2.71. The number of benzene rings is 2. The van der Waals surface area contributed by atoms with Gasteiger partial charge in [-0.25, -0.2) is 9.78 Å². The van der Waals surface area contributed by atoms with Crippen molar-refractivity contribution in [3.8, 4) is 10.6 Å². The minimum Gasteiger partial charge on any atom is -0.332 e. The molecule has 5 heteroatoms. The summed E-state index contributed by atoms with van der Waals surface area (Å²) in [7, 11) is 0. The van der Waals surface area contributed by atoms with Gasteiger partial charge in [0.25, 0.3) is 0 Å². The summed E-state index contributed by atoms with van der Waals surface area (Å²) in [6, 6.07) is 19.1. The summed E-state index contributed by atoms with van der Waals surface area (Å²) in [6.45, 7) is 0.405. The highest BCUT2D eigenvalue weighted by Crippen LogP contribution is 2.23. The van der Waals surface area contributed by atoms with Crippen LogP contribution in [-0.4, -0.2) is 11.0 Å². The van der Waals surface area contributed by atoms with Gasteiger partial charge in [-0.15, -0.1) is 11.3 Å². The number of carbonyl (C=O) groups is 1. The van der Waals surface area contributed by atoms with Crippen LogP contribution in [-0.2, 0) is 6.54 Å². The molecule has 110 valence electrons. The fourth-order valence-corrected chi connectivity index (χ4v) is 2.79. The van der Waals surface area contributed by atoms with Gasteiger partial charge in [0.2, 0.25) is 0 Å². The Kier molecular flexibility index (Phi) is 4.46. The van der Waals surface area contributed by atoms with Crippen molar-refractivity contribution in [2.45, 2.75) is 6.54 Å². The molecule has 1 aromatic heterocycles. The van der Waals surface area contributed by atoms with E-state index in [1.807, 2.05) is 66.0 Å². The Morgan fingerprint density at radius 3 is 2.41 bits per heavy atom. The van der Waals surface area contributed by atoms with Gasteiger partial charge in [-0.2, -0.15) is 0 Å². The lowest BCUT2D eigenvalue weighted by molar-refractivity contribution is 0.251. The van der Waals surface area contributed by atoms with Crippen LogP contribution in [0, 0.1) is 0 Å². The first-order valence-electron chi connectivity index (χ1n) is 6.91. The predicted molar refractivity (Wildman–Crippen MR) is 89.9 cm³/mol. The third-order valence-corrected chi connectivity index (χ3v) is 3.97. The topological polar surface area (TPSA) is 54.0 Å². The molecule has 0 spiro atoms. The molecule has 2 amide bonds. The lowest BCUT2D eigenvalue weighted by Gasteiger charge is -2.05. The van der Waals surface area contributed by atoms with Crippen molar-refractivity contribution in [3.63, 3.8) is 0 Å². The molecule has 2 aromatic carbocycles. The van der Waals surface area contributed by atoms with Gasteiger partial charge in [-0.05, 0) is 12.1 Å². The van der Waals surface area contributed by atoms with E-state index in [1.54, 1.807) is 11.3 Å². The highest BCUT2D eigenvalue weighted by molar-refractivity contribution is 7.13. The minimum absolute atomic E-state index is 0.236. The monoisotopic (exact) mass is 309 g/mol. The summed E-state index contributed by atoms with van der Waals surface area (Å²) in [4.78, 5) is 16.4. The van der Waals surface area contributed by atoms with Gasteiger partial charge < -0.3 is 10.6 Å². The van der Waals surface area contributed by atoms with Gasteiger partial charge >= 0.3 is 6.03 Å². The van der Waals surface area contributed by atoms with Crippen LogP contribution < -0.4 is 10.6 Å². The molecular weight excluding hydrogens is 294 g/mol. The minimum atomic E-state index is -0.236. The van der Waals surface area contributed by atoms with E-state index >= 15 is 0 Å². The van der Waals surface area contributed by atoms with Gasteiger partial charge in [-0.3, -0.25) is 0 Å². The number of carbonyl (C=O) groups excluding carboxylic acids is 1. The molecule has 4 nitrogen and oxygen atoms in total. The van der Waals surface area contributed by atoms with Crippen molar-refractivity contribution in [1.29, 1.82) is 0 Å². The quantitative estimate of drug-likeness (QED) is 0.761. The Balaban J connectivity index is 1.56. The van der Waals surface area contributed by atoms with Crippen LogP contribution in [0.25, 0.3) is 10.6 Å². The zero-order valence-corrected chi connectivity index (χ0v) is 12.6. The number of para-hydroxylation sites is 1. The van der Waals surface area contributed by atoms with Gasteiger partial charge in [0, 0.05) is 16.6 Å².